The number of carbonyl (C=O) groups is 1. The summed E-state index contributed by atoms with van der Waals surface area (Å²) in [6, 6.07) is 13.8. The van der Waals surface area contributed by atoms with Crippen LogP contribution in [0, 0.1) is 5.92 Å². The molecule has 1 aromatic heterocycles. The fourth-order valence-corrected chi connectivity index (χ4v) is 6.20. The number of anilines is 1. The number of nitrogen functional groups attached to an aromatic ring is 1. The number of rotatable bonds is 7. The summed E-state index contributed by atoms with van der Waals surface area (Å²) in [5.41, 5.74) is 5.40. The summed E-state index contributed by atoms with van der Waals surface area (Å²) in [7, 11) is 0. The quantitative estimate of drug-likeness (QED) is 0.349. The Kier molecular flexibility index (Phi) is 8.47. The Labute approximate surface area is 248 Å². The normalized spacial score (nSPS) is 21.5. The highest BCUT2D eigenvalue weighted by atomic mass is 19.3. The molecule has 1 aliphatic heterocycles. The number of alkyl halides is 2. The molecule has 2 fully saturated rings. The fraction of sp³-hybridized carbons (Fsp3) is 0.469. The number of phenolic OH excluding ortho intramolecular Hbond substituents is 1. The number of hydrogen-bond acceptors (Lipinski definition) is 7. The van der Waals surface area contributed by atoms with Gasteiger partial charge < -0.3 is 25.6 Å². The van der Waals surface area contributed by atoms with Crippen LogP contribution in [0.25, 0.3) is 0 Å². The van der Waals surface area contributed by atoms with Crippen LogP contribution in [0.4, 0.5) is 14.5 Å². The van der Waals surface area contributed by atoms with E-state index in [9.17, 15) is 28.6 Å². The van der Waals surface area contributed by atoms with Gasteiger partial charge in [-0.25, -0.2) is 13.8 Å². The lowest BCUT2D eigenvalue weighted by atomic mass is 9.73. The predicted octanol–water partition coefficient (Wildman–Crippen LogP) is 5.02. The Balaban J connectivity index is 1.24. The maximum absolute atomic E-state index is 14.4. The first-order valence-electron chi connectivity index (χ1n) is 14.7. The van der Waals surface area contributed by atoms with Gasteiger partial charge in [-0.3, -0.25) is 14.2 Å². The van der Waals surface area contributed by atoms with Crippen LogP contribution < -0.4 is 16.0 Å². The highest BCUT2D eigenvalue weighted by Crippen LogP contribution is 2.46. The molecule has 5 rings (SSSR count). The van der Waals surface area contributed by atoms with Gasteiger partial charge in [-0.1, -0.05) is 50.2 Å². The standard InChI is InChI=1S/C32H38F2N4O5/c1-20(2)23-9-8-22(16-26(23)39)43-28-27(35)30(41)38(19-36-28)18-31(42)12-14-37(15-13-31)29(40)24-10-11-32(33,34)17-25(24)21-6-4-3-5-7-21/h3-9,16,19-20,24-25,39,42H,10-15,17-18,35H2,1-2H3/t24-,25+/m1/s1. The minimum absolute atomic E-state index is 0.0588. The molecular weight excluding hydrogens is 558 g/mol. The van der Waals surface area contributed by atoms with E-state index in [4.69, 9.17) is 10.5 Å². The molecule has 2 atom stereocenters. The van der Waals surface area contributed by atoms with Gasteiger partial charge in [0.25, 0.3) is 5.56 Å². The van der Waals surface area contributed by atoms with Crippen LogP contribution in [0.3, 0.4) is 0 Å². The van der Waals surface area contributed by atoms with Crippen LogP contribution in [-0.4, -0.2) is 55.2 Å². The van der Waals surface area contributed by atoms with Gasteiger partial charge in [0.15, 0.2) is 5.69 Å². The zero-order valence-corrected chi connectivity index (χ0v) is 24.4. The Morgan fingerprint density at radius 1 is 1.14 bits per heavy atom. The van der Waals surface area contributed by atoms with E-state index in [0.717, 1.165) is 11.1 Å². The van der Waals surface area contributed by atoms with Gasteiger partial charge in [0.2, 0.25) is 17.7 Å². The Hall–Kier alpha value is -3.99. The van der Waals surface area contributed by atoms with Crippen molar-refractivity contribution < 1.29 is 28.5 Å². The van der Waals surface area contributed by atoms with Crippen molar-refractivity contribution in [2.24, 2.45) is 5.92 Å². The molecule has 9 nitrogen and oxygen atoms in total. The van der Waals surface area contributed by atoms with E-state index in [1.165, 1.54) is 17.0 Å². The first-order chi connectivity index (χ1) is 20.4. The van der Waals surface area contributed by atoms with Crippen LogP contribution >= 0.6 is 0 Å². The van der Waals surface area contributed by atoms with Crippen molar-refractivity contribution in [1.29, 1.82) is 0 Å². The number of aromatic nitrogens is 2. The maximum Gasteiger partial charge on any atom is 0.280 e. The van der Waals surface area contributed by atoms with Crippen molar-refractivity contribution in [3.8, 4) is 17.4 Å². The number of amides is 1. The third-order valence-corrected chi connectivity index (χ3v) is 8.72. The maximum atomic E-state index is 14.4. The van der Waals surface area contributed by atoms with Crippen molar-refractivity contribution in [2.45, 2.75) is 75.9 Å². The summed E-state index contributed by atoms with van der Waals surface area (Å²) < 4.78 is 35.6. The molecule has 0 unspecified atom stereocenters. The second-order valence-corrected chi connectivity index (χ2v) is 12.1. The fourth-order valence-electron chi connectivity index (χ4n) is 6.20. The van der Waals surface area contributed by atoms with Crippen molar-refractivity contribution in [3.63, 3.8) is 0 Å². The lowest BCUT2D eigenvalue weighted by molar-refractivity contribution is -0.145. The van der Waals surface area contributed by atoms with E-state index < -0.39 is 28.9 Å². The average molecular weight is 597 g/mol. The monoisotopic (exact) mass is 596 g/mol. The number of nitrogens with zero attached hydrogens (tertiary/aromatic N) is 3. The number of piperidine rings is 1. The lowest BCUT2D eigenvalue weighted by Crippen LogP contribution is -2.52. The third kappa shape index (κ3) is 6.66. The van der Waals surface area contributed by atoms with Gasteiger partial charge in [0.1, 0.15) is 17.8 Å². The molecule has 2 aliphatic rings. The number of halogens is 2. The average Bonchev–Trinajstić information content (AvgIpc) is 2.97. The molecule has 1 saturated carbocycles. The largest absolute Gasteiger partial charge is 0.508 e. The Morgan fingerprint density at radius 2 is 1.84 bits per heavy atom. The van der Waals surface area contributed by atoms with E-state index in [2.05, 4.69) is 4.98 Å². The molecule has 1 aliphatic carbocycles. The van der Waals surface area contributed by atoms with E-state index in [-0.39, 0.29) is 86.6 Å². The number of nitrogens with two attached hydrogens (primary N) is 1. The molecule has 0 bridgehead atoms. The first-order valence-corrected chi connectivity index (χ1v) is 14.7. The molecule has 43 heavy (non-hydrogen) atoms. The Morgan fingerprint density at radius 3 is 2.49 bits per heavy atom. The number of carbonyl (C=O) groups excluding carboxylic acids is 1. The van der Waals surface area contributed by atoms with Crippen LogP contribution in [0.1, 0.15) is 68.9 Å². The molecule has 0 spiro atoms. The zero-order valence-electron chi connectivity index (χ0n) is 24.4. The molecule has 2 aromatic carbocycles. The summed E-state index contributed by atoms with van der Waals surface area (Å²) in [5, 5.41) is 21.6. The summed E-state index contributed by atoms with van der Waals surface area (Å²) in [4.78, 5) is 32.4. The van der Waals surface area contributed by atoms with Gasteiger partial charge in [0.05, 0.1) is 12.1 Å². The molecule has 230 valence electrons. The van der Waals surface area contributed by atoms with Gasteiger partial charge in [-0.05, 0) is 42.4 Å². The molecule has 3 aromatic rings. The zero-order chi connectivity index (χ0) is 30.9. The highest BCUT2D eigenvalue weighted by Gasteiger charge is 2.46. The number of ether oxygens (including phenoxy) is 1. The molecule has 1 amide bonds. The number of likely N-dealkylation sites (tertiary alicyclic amines) is 1. The molecule has 0 radical (unpaired) electrons. The molecule has 2 heterocycles. The van der Waals surface area contributed by atoms with E-state index in [0.29, 0.717) is 0 Å². The predicted molar refractivity (Wildman–Crippen MR) is 157 cm³/mol. The number of phenols is 1. The number of benzene rings is 2. The number of hydrogen-bond donors (Lipinski definition) is 3. The molecule has 11 heteroatoms. The SMILES string of the molecule is CC(C)c1ccc(Oc2ncn(CC3(O)CCN(C(=O)[C@@H]4CCC(F)(F)C[C@H]4c4ccccc4)CC3)c(=O)c2N)cc1O. The van der Waals surface area contributed by atoms with Crippen LogP contribution in [0.5, 0.6) is 17.4 Å². The van der Waals surface area contributed by atoms with Gasteiger partial charge in [0, 0.05) is 43.8 Å². The summed E-state index contributed by atoms with van der Waals surface area (Å²) in [6.45, 7) is 4.28. The minimum atomic E-state index is -2.82. The highest BCUT2D eigenvalue weighted by molar-refractivity contribution is 5.80. The number of aliphatic hydroxyl groups is 1. The van der Waals surface area contributed by atoms with Gasteiger partial charge in [-0.2, -0.15) is 0 Å². The van der Waals surface area contributed by atoms with Crippen molar-refractivity contribution in [3.05, 3.63) is 76.3 Å². The minimum Gasteiger partial charge on any atom is -0.508 e. The van der Waals surface area contributed by atoms with Crippen LogP contribution in [0.2, 0.25) is 0 Å². The van der Waals surface area contributed by atoms with Crippen molar-refractivity contribution in [2.75, 3.05) is 18.8 Å². The summed E-state index contributed by atoms with van der Waals surface area (Å²) in [6.07, 6.45) is 1.05. The van der Waals surface area contributed by atoms with Crippen LogP contribution in [-0.2, 0) is 11.3 Å². The van der Waals surface area contributed by atoms with Gasteiger partial charge in [-0.15, -0.1) is 0 Å². The second kappa shape index (κ2) is 11.9. The van der Waals surface area contributed by atoms with E-state index in [1.807, 2.05) is 19.9 Å². The van der Waals surface area contributed by atoms with E-state index >= 15 is 0 Å². The lowest BCUT2D eigenvalue weighted by Gasteiger charge is -2.42. The van der Waals surface area contributed by atoms with Crippen molar-refractivity contribution in [1.82, 2.24) is 14.5 Å². The Bertz CT molecular complexity index is 1520. The number of aromatic hydroxyl groups is 1. The summed E-state index contributed by atoms with van der Waals surface area (Å²) >= 11 is 0. The third-order valence-electron chi connectivity index (χ3n) is 8.72. The summed E-state index contributed by atoms with van der Waals surface area (Å²) in [5.74, 6) is -3.81. The van der Waals surface area contributed by atoms with Crippen molar-refractivity contribution >= 4 is 11.6 Å². The van der Waals surface area contributed by atoms with E-state index in [1.54, 1.807) is 41.3 Å². The first kappa shape index (κ1) is 30.5. The topological polar surface area (TPSA) is 131 Å². The molecule has 1 saturated heterocycles. The molecular formula is C32H38F2N4O5. The second-order valence-electron chi connectivity index (χ2n) is 12.1. The molecule has 4 N–H and O–H groups in total. The smallest absolute Gasteiger partial charge is 0.280 e. The van der Waals surface area contributed by atoms with Crippen LogP contribution in [0.15, 0.2) is 59.7 Å². The van der Waals surface area contributed by atoms with Gasteiger partial charge >= 0.3 is 0 Å².